The summed E-state index contributed by atoms with van der Waals surface area (Å²) in [6.07, 6.45) is 6.82. The molecule has 0 saturated carbocycles. The first kappa shape index (κ1) is 17.8. The van der Waals surface area contributed by atoms with E-state index in [0.29, 0.717) is 13.0 Å². The largest absolute Gasteiger partial charge is 0.465 e. The van der Waals surface area contributed by atoms with E-state index in [9.17, 15) is 9.18 Å². The van der Waals surface area contributed by atoms with Gasteiger partial charge in [0.2, 0.25) is 0 Å². The third kappa shape index (κ3) is 9.75. The van der Waals surface area contributed by atoms with Crippen molar-refractivity contribution in [3.63, 3.8) is 0 Å². The molecule has 2 nitrogen and oxygen atoms in total. The summed E-state index contributed by atoms with van der Waals surface area (Å²) in [5, 5.41) is -0.00826. The lowest BCUT2D eigenvalue weighted by atomic mass is 10.2. The van der Waals surface area contributed by atoms with Gasteiger partial charge in [-0.3, -0.25) is 9.18 Å². The number of unbranched alkanes of at least 4 members (excludes halogenated alkanes) is 4. The van der Waals surface area contributed by atoms with Gasteiger partial charge in [-0.05, 0) is 31.9 Å². The van der Waals surface area contributed by atoms with Crippen LogP contribution in [-0.2, 0) is 9.53 Å². The Bertz CT molecular complexity index is 200. The molecule has 1 atom stereocenters. The van der Waals surface area contributed by atoms with Gasteiger partial charge in [0, 0.05) is 0 Å². The molecule has 0 amide bonds. The molecule has 0 aliphatic heterocycles. The number of carbonyl (C=O) groups is 1. The first-order valence-corrected chi connectivity index (χ1v) is 8.15. The van der Waals surface area contributed by atoms with Crippen LogP contribution < -0.4 is 0 Å². The van der Waals surface area contributed by atoms with Gasteiger partial charge in [-0.1, -0.05) is 32.6 Å². The zero-order chi connectivity index (χ0) is 13.6. The monoisotopic (exact) mass is 278 g/mol. The fraction of sp³-hybridized carbons (Fsp3) is 0.929. The van der Waals surface area contributed by atoms with Crippen molar-refractivity contribution in [2.45, 2.75) is 64.0 Å². The molecule has 0 spiro atoms. The minimum Gasteiger partial charge on any atom is -0.465 e. The maximum atomic E-state index is 11.9. The van der Waals surface area contributed by atoms with E-state index in [1.165, 1.54) is 0 Å². The van der Waals surface area contributed by atoms with Crippen LogP contribution in [0.15, 0.2) is 0 Å². The minimum absolute atomic E-state index is 0.00826. The van der Waals surface area contributed by atoms with Crippen LogP contribution in [0.2, 0.25) is 0 Å². The van der Waals surface area contributed by atoms with Gasteiger partial charge in [-0.15, -0.1) is 11.8 Å². The van der Waals surface area contributed by atoms with Crippen molar-refractivity contribution in [1.29, 1.82) is 0 Å². The van der Waals surface area contributed by atoms with Crippen LogP contribution in [0.25, 0.3) is 0 Å². The van der Waals surface area contributed by atoms with Crippen LogP contribution in [0.1, 0.15) is 58.8 Å². The highest BCUT2D eigenvalue weighted by atomic mass is 32.2. The van der Waals surface area contributed by atoms with Gasteiger partial charge >= 0.3 is 5.97 Å². The number of rotatable bonds is 12. The summed E-state index contributed by atoms with van der Waals surface area (Å²) in [6.45, 7) is 4.22. The van der Waals surface area contributed by atoms with Crippen molar-refractivity contribution >= 4 is 17.7 Å². The van der Waals surface area contributed by atoms with E-state index >= 15 is 0 Å². The molecule has 0 N–H and O–H groups in total. The molecule has 18 heavy (non-hydrogen) atoms. The highest BCUT2D eigenvalue weighted by Crippen LogP contribution is 2.21. The lowest BCUT2D eigenvalue weighted by molar-refractivity contribution is -0.142. The summed E-state index contributed by atoms with van der Waals surface area (Å²) in [7, 11) is 0. The Balaban J connectivity index is 3.75. The van der Waals surface area contributed by atoms with Crippen LogP contribution in [-0.4, -0.2) is 30.3 Å². The van der Waals surface area contributed by atoms with Crippen molar-refractivity contribution < 1.29 is 13.9 Å². The zero-order valence-electron chi connectivity index (χ0n) is 11.8. The van der Waals surface area contributed by atoms with Crippen LogP contribution in [0.3, 0.4) is 0 Å². The van der Waals surface area contributed by atoms with Crippen LogP contribution in [0.5, 0.6) is 0 Å². The maximum Gasteiger partial charge on any atom is 0.319 e. The van der Waals surface area contributed by atoms with Gasteiger partial charge < -0.3 is 4.74 Å². The third-order valence-corrected chi connectivity index (χ3v) is 4.07. The number of hydrogen-bond acceptors (Lipinski definition) is 3. The lowest BCUT2D eigenvalue weighted by Gasteiger charge is -2.14. The van der Waals surface area contributed by atoms with Crippen LogP contribution >= 0.6 is 11.8 Å². The summed E-state index contributed by atoms with van der Waals surface area (Å²) < 4.78 is 17.0. The Morgan fingerprint density at radius 1 is 1.17 bits per heavy atom. The minimum atomic E-state index is -0.213. The van der Waals surface area contributed by atoms with Gasteiger partial charge in [0.05, 0.1) is 13.3 Å². The summed E-state index contributed by atoms with van der Waals surface area (Å²) in [5.74, 6) is 0.902. The van der Waals surface area contributed by atoms with Crippen molar-refractivity contribution in [3.05, 3.63) is 0 Å². The second-order valence-corrected chi connectivity index (χ2v) is 5.67. The predicted octanol–water partition coefficient (Wildman–Crippen LogP) is 4.37. The fourth-order valence-electron chi connectivity index (χ4n) is 1.67. The molecular weight excluding hydrogens is 251 g/mol. The first-order valence-electron chi connectivity index (χ1n) is 7.10. The van der Waals surface area contributed by atoms with Gasteiger partial charge in [-0.2, -0.15) is 0 Å². The molecule has 0 bridgehead atoms. The predicted molar refractivity (Wildman–Crippen MR) is 76.8 cm³/mol. The molecule has 0 aromatic heterocycles. The van der Waals surface area contributed by atoms with Crippen molar-refractivity contribution in [2.24, 2.45) is 0 Å². The van der Waals surface area contributed by atoms with Gasteiger partial charge in [-0.25, -0.2) is 0 Å². The SMILES string of the molecule is CCCCC(SCCCCCCF)C(=O)OCC. The molecule has 0 aliphatic carbocycles. The Labute approximate surface area is 115 Å². The van der Waals surface area contributed by atoms with E-state index in [1.807, 2.05) is 6.92 Å². The molecule has 0 saturated heterocycles. The second kappa shape index (κ2) is 13.2. The summed E-state index contributed by atoms with van der Waals surface area (Å²) in [5.41, 5.74) is 0. The molecule has 108 valence electrons. The van der Waals surface area contributed by atoms with Gasteiger partial charge in [0.15, 0.2) is 0 Å². The van der Waals surface area contributed by atoms with E-state index < -0.39 is 0 Å². The molecule has 0 radical (unpaired) electrons. The van der Waals surface area contributed by atoms with Crippen molar-refractivity contribution in [1.82, 2.24) is 0 Å². The maximum absolute atomic E-state index is 11.9. The second-order valence-electron chi connectivity index (χ2n) is 4.36. The lowest BCUT2D eigenvalue weighted by Crippen LogP contribution is -2.20. The van der Waals surface area contributed by atoms with E-state index in [-0.39, 0.29) is 17.9 Å². The summed E-state index contributed by atoms with van der Waals surface area (Å²) in [4.78, 5) is 11.7. The number of carbonyl (C=O) groups excluding carboxylic acids is 1. The standard InChI is InChI=1S/C14H27FO2S/c1-3-5-10-13(14(16)17-4-2)18-12-9-7-6-8-11-15/h13H,3-12H2,1-2H3. The molecule has 0 aromatic carbocycles. The fourth-order valence-corrected chi connectivity index (χ4v) is 2.86. The normalized spacial score (nSPS) is 12.4. The molecular formula is C14H27FO2S. The molecule has 0 fully saturated rings. The number of hydrogen-bond donors (Lipinski definition) is 0. The number of thioether (sulfide) groups is 1. The summed E-state index contributed by atoms with van der Waals surface area (Å²) in [6, 6.07) is 0. The first-order chi connectivity index (χ1) is 8.76. The molecule has 1 unspecified atom stereocenters. The average molecular weight is 278 g/mol. The Hall–Kier alpha value is -0.250. The van der Waals surface area contributed by atoms with Gasteiger partial charge in [0.1, 0.15) is 5.25 Å². The number of ether oxygens (including phenoxy) is 1. The number of halogens is 1. The van der Waals surface area contributed by atoms with Gasteiger partial charge in [0.25, 0.3) is 0 Å². The third-order valence-electron chi connectivity index (χ3n) is 2.72. The van der Waals surface area contributed by atoms with E-state index in [1.54, 1.807) is 11.8 Å². The number of alkyl halides is 1. The Kier molecular flexibility index (Phi) is 13.0. The molecule has 0 aliphatic rings. The Morgan fingerprint density at radius 2 is 1.89 bits per heavy atom. The quantitative estimate of drug-likeness (QED) is 0.391. The number of esters is 1. The van der Waals surface area contributed by atoms with Crippen LogP contribution in [0.4, 0.5) is 4.39 Å². The van der Waals surface area contributed by atoms with E-state index in [0.717, 1.165) is 44.3 Å². The molecule has 0 rings (SSSR count). The van der Waals surface area contributed by atoms with Crippen molar-refractivity contribution in [3.8, 4) is 0 Å². The summed E-state index contributed by atoms with van der Waals surface area (Å²) >= 11 is 1.70. The highest BCUT2D eigenvalue weighted by Gasteiger charge is 2.19. The molecule has 0 aromatic rings. The topological polar surface area (TPSA) is 26.3 Å². The van der Waals surface area contributed by atoms with E-state index in [2.05, 4.69) is 6.92 Å². The van der Waals surface area contributed by atoms with Crippen molar-refractivity contribution in [2.75, 3.05) is 19.0 Å². The van der Waals surface area contributed by atoms with E-state index in [4.69, 9.17) is 4.74 Å². The smallest absolute Gasteiger partial charge is 0.319 e. The average Bonchev–Trinajstić information content (AvgIpc) is 2.37. The molecule has 0 heterocycles. The molecule has 4 heteroatoms. The zero-order valence-corrected chi connectivity index (χ0v) is 12.6. The van der Waals surface area contributed by atoms with Crippen LogP contribution in [0, 0.1) is 0 Å². The Morgan fingerprint density at radius 3 is 2.50 bits per heavy atom. The highest BCUT2D eigenvalue weighted by molar-refractivity contribution is 8.00.